The molecule has 0 amide bonds. The van der Waals surface area contributed by atoms with Gasteiger partial charge >= 0.3 is 0 Å². The number of aromatic nitrogens is 3. The van der Waals surface area contributed by atoms with Crippen LogP contribution < -0.4 is 5.43 Å². The number of H-pyrrole nitrogens is 1. The highest BCUT2D eigenvalue weighted by atomic mass is 32.2. The van der Waals surface area contributed by atoms with E-state index < -0.39 is 10.0 Å². The summed E-state index contributed by atoms with van der Waals surface area (Å²) in [6, 6.07) is 4.82. The predicted octanol–water partition coefficient (Wildman–Crippen LogP) is 2.07. The summed E-state index contributed by atoms with van der Waals surface area (Å²) in [6.07, 6.45) is 9.77. The highest BCUT2D eigenvalue weighted by Crippen LogP contribution is 2.40. The lowest BCUT2D eigenvalue weighted by molar-refractivity contribution is 0.326. The van der Waals surface area contributed by atoms with Crippen LogP contribution in [-0.4, -0.2) is 63.7 Å². The minimum Gasteiger partial charge on any atom is -0.284 e. The number of hydrogen-bond donors (Lipinski definition) is 2. The van der Waals surface area contributed by atoms with Gasteiger partial charge < -0.3 is 0 Å². The van der Waals surface area contributed by atoms with Crippen molar-refractivity contribution in [3.05, 3.63) is 48.1 Å². The van der Waals surface area contributed by atoms with Crippen molar-refractivity contribution < 1.29 is 8.42 Å². The molecule has 1 saturated heterocycles. The van der Waals surface area contributed by atoms with E-state index in [4.69, 9.17) is 9.98 Å². The van der Waals surface area contributed by atoms with Gasteiger partial charge in [0.1, 0.15) is 10.7 Å². The van der Waals surface area contributed by atoms with E-state index >= 15 is 0 Å². The molecule has 32 heavy (non-hydrogen) atoms. The third-order valence-electron chi connectivity index (χ3n) is 6.27. The maximum Gasteiger partial charge on any atom is 0.245 e. The normalized spacial score (nSPS) is 24.9. The summed E-state index contributed by atoms with van der Waals surface area (Å²) in [7, 11) is -3.68. The smallest absolute Gasteiger partial charge is 0.245 e. The number of nitrogens with zero attached hydrogens (tertiary/aromatic N) is 6. The number of aliphatic imine (C=N–C) groups is 2. The van der Waals surface area contributed by atoms with Crippen molar-refractivity contribution in [2.24, 2.45) is 9.98 Å². The first-order chi connectivity index (χ1) is 15.6. The molecule has 0 bridgehead atoms. The molecule has 6 rings (SSSR count). The molecule has 5 heterocycles. The Bertz CT molecular complexity index is 1230. The minimum absolute atomic E-state index is 0.197. The van der Waals surface area contributed by atoms with Crippen LogP contribution in [0.15, 0.2) is 57.2 Å². The summed E-state index contributed by atoms with van der Waals surface area (Å²) in [6.45, 7) is 1.23. The molecule has 0 unspecified atom stereocenters. The Labute approximate surface area is 186 Å². The van der Waals surface area contributed by atoms with Gasteiger partial charge in [-0.15, -0.1) is 0 Å². The zero-order chi connectivity index (χ0) is 21.7. The summed E-state index contributed by atoms with van der Waals surface area (Å²) in [4.78, 5) is 13.7. The van der Waals surface area contributed by atoms with Crippen molar-refractivity contribution in [1.29, 1.82) is 0 Å². The van der Waals surface area contributed by atoms with Crippen molar-refractivity contribution in [2.75, 3.05) is 13.1 Å². The molecule has 1 aliphatic carbocycles. The molecule has 1 atom stereocenters. The highest BCUT2D eigenvalue weighted by molar-refractivity contribution is 7.89. The fraction of sp³-hybridized carbons (Fsp3) is 0.429. The Morgan fingerprint density at radius 3 is 2.91 bits per heavy atom. The van der Waals surface area contributed by atoms with Gasteiger partial charge in [-0.1, -0.05) is 6.08 Å². The number of hydrazine groups is 1. The maximum atomic E-state index is 13.3. The number of aromatic amines is 1. The lowest BCUT2D eigenvalue weighted by Gasteiger charge is -2.33. The van der Waals surface area contributed by atoms with Gasteiger partial charge in [0.05, 0.1) is 11.7 Å². The number of nitrogens with one attached hydrogen (secondary N) is 2. The fourth-order valence-electron chi connectivity index (χ4n) is 4.49. The number of rotatable bonds is 5. The van der Waals surface area contributed by atoms with E-state index in [0.29, 0.717) is 36.4 Å². The molecule has 166 valence electrons. The molecule has 0 spiro atoms. The zero-order valence-electron chi connectivity index (χ0n) is 17.5. The average molecular weight is 453 g/mol. The topological polar surface area (TPSA) is 119 Å². The molecule has 2 N–H and O–H groups in total. The fourth-order valence-corrected chi connectivity index (χ4v) is 6.11. The Balaban J connectivity index is 1.35. The van der Waals surface area contributed by atoms with Crippen molar-refractivity contribution >= 4 is 27.5 Å². The van der Waals surface area contributed by atoms with E-state index in [2.05, 4.69) is 26.7 Å². The Hall–Kier alpha value is -3.05. The first-order valence-electron chi connectivity index (χ1n) is 11.0. The second-order valence-corrected chi connectivity index (χ2v) is 10.4. The van der Waals surface area contributed by atoms with E-state index in [1.165, 1.54) is 23.3 Å². The summed E-state index contributed by atoms with van der Waals surface area (Å²) >= 11 is 0. The number of hydrogen-bond acceptors (Lipinski definition) is 7. The van der Waals surface area contributed by atoms with Gasteiger partial charge in [-0.05, 0) is 44.2 Å². The van der Waals surface area contributed by atoms with E-state index in [1.54, 1.807) is 18.3 Å². The van der Waals surface area contributed by atoms with E-state index in [0.717, 1.165) is 30.8 Å². The summed E-state index contributed by atoms with van der Waals surface area (Å²) in [5.41, 5.74) is 5.37. The van der Waals surface area contributed by atoms with Gasteiger partial charge in [-0.2, -0.15) is 9.40 Å². The van der Waals surface area contributed by atoms with Crippen LogP contribution in [0.2, 0.25) is 0 Å². The van der Waals surface area contributed by atoms with E-state index in [9.17, 15) is 8.42 Å². The van der Waals surface area contributed by atoms with Gasteiger partial charge in [-0.3, -0.25) is 20.5 Å². The van der Waals surface area contributed by atoms with Gasteiger partial charge in [0.2, 0.25) is 10.0 Å². The Morgan fingerprint density at radius 2 is 2.09 bits per heavy atom. The molecule has 1 saturated carbocycles. The van der Waals surface area contributed by atoms with Gasteiger partial charge in [0.25, 0.3) is 0 Å². The van der Waals surface area contributed by atoms with Crippen LogP contribution in [0.25, 0.3) is 0 Å². The molecule has 0 radical (unpaired) electrons. The van der Waals surface area contributed by atoms with Crippen LogP contribution in [0.5, 0.6) is 0 Å². The monoisotopic (exact) mass is 452 g/mol. The Morgan fingerprint density at radius 1 is 1.19 bits per heavy atom. The van der Waals surface area contributed by atoms with Crippen molar-refractivity contribution in [3.8, 4) is 0 Å². The number of fused-ring (bicyclic) bond motifs is 1. The second-order valence-electron chi connectivity index (χ2n) is 8.49. The van der Waals surface area contributed by atoms with Crippen LogP contribution in [0.4, 0.5) is 5.82 Å². The number of pyridine rings is 1. The number of amidine groups is 2. The molecule has 2 aromatic heterocycles. The van der Waals surface area contributed by atoms with E-state index in [-0.39, 0.29) is 10.9 Å². The second kappa shape index (κ2) is 7.52. The zero-order valence-corrected chi connectivity index (χ0v) is 18.3. The predicted molar refractivity (Wildman–Crippen MR) is 119 cm³/mol. The molecular weight excluding hydrogens is 428 g/mol. The lowest BCUT2D eigenvalue weighted by atomic mass is 10.2. The summed E-state index contributed by atoms with van der Waals surface area (Å²) in [5, 5.41) is 9.42. The highest BCUT2D eigenvalue weighted by Gasteiger charge is 2.41. The van der Waals surface area contributed by atoms with Crippen LogP contribution in [0.3, 0.4) is 0 Å². The molecule has 10 nitrogen and oxygen atoms in total. The molecule has 2 fully saturated rings. The van der Waals surface area contributed by atoms with Crippen LogP contribution in [-0.2, 0) is 10.0 Å². The lowest BCUT2D eigenvalue weighted by Crippen LogP contribution is -2.54. The van der Waals surface area contributed by atoms with E-state index in [1.807, 2.05) is 11.1 Å². The molecule has 4 aliphatic rings. The molecule has 3 aliphatic heterocycles. The average Bonchev–Trinajstić information content (AvgIpc) is 3.21. The number of sulfonamides is 1. The quantitative estimate of drug-likeness (QED) is 0.717. The van der Waals surface area contributed by atoms with Crippen molar-refractivity contribution in [3.63, 3.8) is 0 Å². The van der Waals surface area contributed by atoms with Crippen LogP contribution >= 0.6 is 0 Å². The molecule has 11 heteroatoms. The van der Waals surface area contributed by atoms with Gasteiger partial charge in [0.15, 0.2) is 11.7 Å². The molecule has 0 aromatic carbocycles. The molecular formula is C21H24N8O2S. The largest absolute Gasteiger partial charge is 0.284 e. The SMILES string of the molecule is O=S(=O)(c1cccnc1)N1CCC[C@H]1C1=NC(=Nc2cc(C3CC3)[nH]n2)C2=CCCN2N1. The maximum absolute atomic E-state index is 13.3. The third kappa shape index (κ3) is 3.41. The summed E-state index contributed by atoms with van der Waals surface area (Å²) < 4.78 is 28.1. The van der Waals surface area contributed by atoms with Gasteiger partial charge in [0, 0.05) is 43.2 Å². The summed E-state index contributed by atoms with van der Waals surface area (Å²) in [5.74, 6) is 2.34. The molecule has 2 aromatic rings. The van der Waals surface area contributed by atoms with Crippen molar-refractivity contribution in [1.82, 2.24) is 29.9 Å². The van der Waals surface area contributed by atoms with Crippen molar-refractivity contribution in [2.45, 2.75) is 49.0 Å². The van der Waals surface area contributed by atoms with Gasteiger partial charge in [-0.25, -0.2) is 18.4 Å². The first-order valence-corrected chi connectivity index (χ1v) is 12.4. The van der Waals surface area contributed by atoms with Crippen LogP contribution in [0, 0.1) is 0 Å². The Kier molecular flexibility index (Phi) is 4.61. The minimum atomic E-state index is -3.68. The van der Waals surface area contributed by atoms with Crippen LogP contribution in [0.1, 0.15) is 43.7 Å². The third-order valence-corrected chi connectivity index (χ3v) is 8.16. The first kappa shape index (κ1) is 19.6. The standard InChI is InChI=1S/C21H24N8O2S/c30-32(31,15-4-1-9-22-13-15)29-11-3-6-18(29)21-24-20(17-5-2-10-28(17)27-21)23-19-12-16(25-26-19)14-7-8-14/h1,4-5,9,12-14,18H,2-3,6-8,10-11H2,(H2,23,24,25,26,27)/t18-/m0/s1.